The van der Waals surface area contributed by atoms with E-state index in [0.717, 1.165) is 30.7 Å². The molecule has 2 unspecified atom stereocenters. The Balaban J connectivity index is 2.04. The minimum atomic E-state index is 0.0707. The molecule has 2 rings (SSSR count). The summed E-state index contributed by atoms with van der Waals surface area (Å²) in [6, 6.07) is 3.90. The van der Waals surface area contributed by atoms with Crippen LogP contribution < -0.4 is 0 Å². The molecular formula is C14H19NO2. The zero-order valence-corrected chi connectivity index (χ0v) is 10.5. The molecule has 1 aliphatic rings. The smallest absolute Gasteiger partial charge is 0.144 e. The van der Waals surface area contributed by atoms with E-state index < -0.39 is 0 Å². The Labute approximate surface area is 102 Å². The van der Waals surface area contributed by atoms with Gasteiger partial charge in [0.25, 0.3) is 0 Å². The van der Waals surface area contributed by atoms with Crippen LogP contribution in [0, 0.1) is 12.8 Å². The molecule has 17 heavy (non-hydrogen) atoms. The maximum Gasteiger partial charge on any atom is 0.144 e. The summed E-state index contributed by atoms with van der Waals surface area (Å²) >= 11 is 0. The summed E-state index contributed by atoms with van der Waals surface area (Å²) in [5.41, 5.74) is 1.99. The second-order valence-electron chi connectivity index (χ2n) is 4.62. The van der Waals surface area contributed by atoms with Crippen LogP contribution in [0.2, 0.25) is 0 Å². The Hall–Kier alpha value is -1.22. The van der Waals surface area contributed by atoms with E-state index in [1.54, 1.807) is 6.20 Å². The van der Waals surface area contributed by atoms with Crippen molar-refractivity contribution < 1.29 is 9.53 Å². The van der Waals surface area contributed by atoms with Crippen LogP contribution in [0.25, 0.3) is 0 Å². The first kappa shape index (κ1) is 12.2. The van der Waals surface area contributed by atoms with E-state index in [9.17, 15) is 4.79 Å². The van der Waals surface area contributed by atoms with Crippen LogP contribution in [0.1, 0.15) is 31.0 Å². The molecular weight excluding hydrogens is 214 g/mol. The molecule has 2 atom stereocenters. The molecule has 1 fully saturated rings. The van der Waals surface area contributed by atoms with Crippen molar-refractivity contribution in [3.63, 3.8) is 0 Å². The van der Waals surface area contributed by atoms with Crippen LogP contribution >= 0.6 is 0 Å². The van der Waals surface area contributed by atoms with Gasteiger partial charge in [-0.05, 0) is 31.4 Å². The van der Waals surface area contributed by atoms with Gasteiger partial charge in [0.2, 0.25) is 0 Å². The lowest BCUT2D eigenvalue weighted by Gasteiger charge is -2.15. The lowest BCUT2D eigenvalue weighted by Crippen LogP contribution is -2.25. The normalized spacial score (nSPS) is 23.9. The molecule has 0 aromatic carbocycles. The minimum Gasteiger partial charge on any atom is -0.377 e. The molecule has 0 aliphatic carbocycles. The van der Waals surface area contributed by atoms with Crippen molar-refractivity contribution >= 4 is 5.78 Å². The summed E-state index contributed by atoms with van der Waals surface area (Å²) in [6.07, 6.45) is 4.09. The van der Waals surface area contributed by atoms with Crippen LogP contribution in [0.4, 0.5) is 0 Å². The van der Waals surface area contributed by atoms with E-state index in [1.807, 2.05) is 19.1 Å². The summed E-state index contributed by atoms with van der Waals surface area (Å²) in [6.45, 7) is 4.79. The third-order valence-corrected chi connectivity index (χ3v) is 3.49. The number of hydrogen-bond donors (Lipinski definition) is 0. The largest absolute Gasteiger partial charge is 0.377 e. The fraction of sp³-hybridized carbons (Fsp3) is 0.571. The van der Waals surface area contributed by atoms with Gasteiger partial charge in [0.15, 0.2) is 0 Å². The van der Waals surface area contributed by atoms with Gasteiger partial charge in [-0.15, -0.1) is 0 Å². The first-order valence-electron chi connectivity index (χ1n) is 6.27. The fourth-order valence-corrected chi connectivity index (χ4v) is 2.42. The van der Waals surface area contributed by atoms with Gasteiger partial charge in [-0.2, -0.15) is 0 Å². The number of nitrogens with zero attached hydrogens (tertiary/aromatic N) is 1. The molecule has 0 radical (unpaired) electrons. The fourth-order valence-electron chi connectivity index (χ4n) is 2.42. The number of aryl methyl sites for hydroxylation is 1. The van der Waals surface area contributed by atoms with E-state index in [-0.39, 0.29) is 17.8 Å². The van der Waals surface area contributed by atoms with E-state index in [4.69, 9.17) is 4.74 Å². The van der Waals surface area contributed by atoms with Crippen LogP contribution in [0.3, 0.4) is 0 Å². The number of carbonyl (C=O) groups excluding carboxylic acids is 1. The molecule has 1 aromatic heterocycles. The number of aromatic nitrogens is 1. The van der Waals surface area contributed by atoms with Crippen LogP contribution in [0.5, 0.6) is 0 Å². The predicted octanol–water partition coefficient (Wildman–Crippen LogP) is 2.32. The first-order valence-corrected chi connectivity index (χ1v) is 6.27. The van der Waals surface area contributed by atoms with Crippen molar-refractivity contribution in [1.29, 1.82) is 0 Å². The quantitative estimate of drug-likeness (QED) is 0.801. The van der Waals surface area contributed by atoms with Crippen LogP contribution in [-0.4, -0.2) is 23.5 Å². The average Bonchev–Trinajstić information content (AvgIpc) is 2.80. The highest BCUT2D eigenvalue weighted by atomic mass is 16.5. The van der Waals surface area contributed by atoms with Crippen molar-refractivity contribution in [2.45, 2.75) is 39.2 Å². The summed E-state index contributed by atoms with van der Waals surface area (Å²) in [4.78, 5) is 16.5. The number of hydrogen-bond acceptors (Lipinski definition) is 3. The zero-order valence-electron chi connectivity index (χ0n) is 10.5. The maximum atomic E-state index is 12.2. The van der Waals surface area contributed by atoms with Crippen molar-refractivity contribution in [2.24, 2.45) is 5.92 Å². The Bertz CT molecular complexity index is 403. The first-order chi connectivity index (χ1) is 8.22. The standard InChI is InChI=1S/C14H19NO2/c1-3-14-11(6-8-17-14)13(16)9-12-10(2)5-4-7-15-12/h4-5,7,11,14H,3,6,8-9H2,1-2H3. The number of pyridine rings is 1. The molecule has 1 aliphatic heterocycles. The van der Waals surface area contributed by atoms with Gasteiger partial charge in [-0.1, -0.05) is 13.0 Å². The molecule has 2 heterocycles. The van der Waals surface area contributed by atoms with Gasteiger partial charge in [-0.25, -0.2) is 0 Å². The maximum absolute atomic E-state index is 12.2. The summed E-state index contributed by atoms with van der Waals surface area (Å²) in [5.74, 6) is 0.345. The van der Waals surface area contributed by atoms with Gasteiger partial charge in [0, 0.05) is 25.1 Å². The van der Waals surface area contributed by atoms with E-state index >= 15 is 0 Å². The molecule has 3 heteroatoms. The van der Waals surface area contributed by atoms with Crippen molar-refractivity contribution in [3.05, 3.63) is 29.6 Å². The molecule has 0 bridgehead atoms. The number of ketones is 1. The highest BCUT2D eigenvalue weighted by Crippen LogP contribution is 2.25. The lowest BCUT2D eigenvalue weighted by atomic mass is 9.91. The summed E-state index contributed by atoms with van der Waals surface area (Å²) in [5, 5.41) is 0. The number of carbonyl (C=O) groups is 1. The van der Waals surface area contributed by atoms with E-state index in [2.05, 4.69) is 11.9 Å². The van der Waals surface area contributed by atoms with Gasteiger partial charge >= 0.3 is 0 Å². The van der Waals surface area contributed by atoms with Crippen LogP contribution in [-0.2, 0) is 16.0 Å². The Morgan fingerprint density at radius 3 is 3.12 bits per heavy atom. The Morgan fingerprint density at radius 1 is 1.59 bits per heavy atom. The van der Waals surface area contributed by atoms with Gasteiger partial charge < -0.3 is 4.74 Å². The molecule has 0 saturated carbocycles. The molecule has 1 aromatic rings. The van der Waals surface area contributed by atoms with Gasteiger partial charge in [0.1, 0.15) is 5.78 Å². The van der Waals surface area contributed by atoms with E-state index in [0.29, 0.717) is 6.42 Å². The molecule has 0 N–H and O–H groups in total. The highest BCUT2D eigenvalue weighted by molar-refractivity contribution is 5.83. The van der Waals surface area contributed by atoms with Gasteiger partial charge in [0.05, 0.1) is 11.8 Å². The average molecular weight is 233 g/mol. The van der Waals surface area contributed by atoms with E-state index in [1.165, 1.54) is 0 Å². The second-order valence-corrected chi connectivity index (χ2v) is 4.62. The number of Topliss-reactive ketones (excluding diaryl/α,β-unsaturated/α-hetero) is 1. The third kappa shape index (κ3) is 2.72. The van der Waals surface area contributed by atoms with Crippen molar-refractivity contribution in [2.75, 3.05) is 6.61 Å². The van der Waals surface area contributed by atoms with Crippen molar-refractivity contribution in [1.82, 2.24) is 4.98 Å². The van der Waals surface area contributed by atoms with Crippen LogP contribution in [0.15, 0.2) is 18.3 Å². The second kappa shape index (κ2) is 5.41. The SMILES string of the molecule is CCC1OCCC1C(=O)Cc1ncccc1C. The lowest BCUT2D eigenvalue weighted by molar-refractivity contribution is -0.123. The molecule has 92 valence electrons. The predicted molar refractivity (Wildman–Crippen MR) is 65.8 cm³/mol. The third-order valence-electron chi connectivity index (χ3n) is 3.49. The minimum absolute atomic E-state index is 0.0707. The van der Waals surface area contributed by atoms with Gasteiger partial charge in [-0.3, -0.25) is 9.78 Å². The monoisotopic (exact) mass is 233 g/mol. The topological polar surface area (TPSA) is 39.2 Å². The summed E-state index contributed by atoms with van der Waals surface area (Å²) in [7, 11) is 0. The Kier molecular flexibility index (Phi) is 3.89. The number of ether oxygens (including phenoxy) is 1. The molecule has 0 spiro atoms. The van der Waals surface area contributed by atoms with Crippen molar-refractivity contribution in [3.8, 4) is 0 Å². The highest BCUT2D eigenvalue weighted by Gasteiger charge is 2.32. The molecule has 1 saturated heterocycles. The number of rotatable bonds is 4. The molecule has 0 amide bonds. The Morgan fingerprint density at radius 2 is 2.41 bits per heavy atom. The summed E-state index contributed by atoms with van der Waals surface area (Å²) < 4.78 is 5.56. The zero-order chi connectivity index (χ0) is 12.3. The molecule has 3 nitrogen and oxygen atoms in total.